The Balaban J connectivity index is 1.79. The van der Waals surface area contributed by atoms with Crippen LogP contribution in [-0.2, 0) is 75.2 Å². The minimum absolute atomic E-state index is 0.0540. The van der Waals surface area contributed by atoms with E-state index < -0.39 is 182 Å². The molecule has 11 atom stereocenters. The molecule has 34 heteroatoms. The van der Waals surface area contributed by atoms with Crippen molar-refractivity contribution >= 4 is 113 Å². The van der Waals surface area contributed by atoms with E-state index in [-0.39, 0.29) is 43.1 Å². The highest BCUT2D eigenvalue weighted by Gasteiger charge is 2.36. The number of carbonyl (C=O) groups excluding carboxylic acids is 13. The van der Waals surface area contributed by atoms with E-state index in [4.69, 9.17) is 22.9 Å². The number of aliphatic hydroxyl groups is 3. The summed E-state index contributed by atoms with van der Waals surface area (Å²) in [5, 5.41) is 57.5. The largest absolute Gasteiger partial charge is 0.394 e. The number of H-pyrrole nitrogens is 1. The van der Waals surface area contributed by atoms with Crippen LogP contribution in [0, 0.1) is 5.92 Å². The van der Waals surface area contributed by atoms with Crippen molar-refractivity contribution in [3.8, 4) is 0 Å². The maximum atomic E-state index is 14.3. The summed E-state index contributed by atoms with van der Waals surface area (Å²) in [5.74, 6) is -13.1. The Morgan fingerprint density at radius 1 is 0.527 bits per heavy atom. The van der Waals surface area contributed by atoms with Crippen LogP contribution in [-0.4, -0.2) is 208 Å². The molecule has 91 heavy (non-hydrogen) atoms. The lowest BCUT2D eigenvalue weighted by molar-refractivity contribution is -0.137. The Kier molecular flexibility index (Phi) is 33.5. The van der Waals surface area contributed by atoms with Gasteiger partial charge >= 0.3 is 0 Å². The SMILES string of the molecule is CC(C)C[C@H](NC(=O)[C@H](Cc1ccccc1)NC(=O)[C@H](CO)NC(=O)CNC(=O)[C@H](CCC(N)=O)NC(=O)[C@H](Cc1c[nH]c2ccccc12)NC(=O)CNC(=O)[C@H](CS)NC(=O)[C@@H](N)CO)C(=O)N[C@H](C(=O)N[C@@H](CS)C(=O)N[C@@H](CCCCN)C(N)=O)[C@@H](C)O. The molecule has 502 valence electrons. The molecule has 23 N–H and O–H groups in total. The summed E-state index contributed by atoms with van der Waals surface area (Å²) in [6, 6.07) is 0.615. The third kappa shape index (κ3) is 26.5. The van der Waals surface area contributed by atoms with Crippen molar-refractivity contribution in [2.45, 2.75) is 139 Å². The van der Waals surface area contributed by atoms with Crippen LogP contribution in [0.3, 0.4) is 0 Å². The average Bonchev–Trinajstić information content (AvgIpc) is 3.37. The third-order valence-corrected chi connectivity index (χ3v) is 14.6. The standard InChI is InChI=1S/C57H86N16O16S2/c1-29(2)19-38(54(86)73-47(30(3)76)57(89)72-43(28-91)56(88)67-36(48(61)80)15-9-10-18-58)69-52(84)39(20-31-11-5-4-6-12-31)70-55(87)41(26-75)66-46(79)24-63-50(82)37(16-17-44(60)77)68-53(85)40(21-32-22-62-35-14-8-7-13-33(32)35)65-45(78)23-64-51(83)42(27-90)71-49(81)34(59)25-74/h4-8,11-14,22,29-30,34,36-43,47,62,74-76,90-91H,9-10,15-21,23-28,58-59H2,1-3H3,(H2,60,77)(H2,61,80)(H,63,82)(H,64,83)(H,65,78)(H,66,79)(H,67,88)(H,68,85)(H,69,84)(H,70,87)(H,71,81)(H,72,89)(H,73,86)/t30-,34+,36+,37+,38+,39+,40+,41+,42+,43+,47+/m1/s1. The van der Waals surface area contributed by atoms with Crippen molar-refractivity contribution in [1.29, 1.82) is 0 Å². The number of rotatable bonds is 41. The molecule has 0 aliphatic rings. The van der Waals surface area contributed by atoms with Crippen LogP contribution in [0.5, 0.6) is 0 Å². The molecule has 0 unspecified atom stereocenters. The monoisotopic (exact) mass is 1310 g/mol. The van der Waals surface area contributed by atoms with Crippen LogP contribution in [0.25, 0.3) is 10.9 Å². The van der Waals surface area contributed by atoms with Crippen LogP contribution in [0.1, 0.15) is 70.4 Å². The number of nitrogens with two attached hydrogens (primary N) is 4. The van der Waals surface area contributed by atoms with Gasteiger partial charge in [0.25, 0.3) is 0 Å². The van der Waals surface area contributed by atoms with Crippen molar-refractivity contribution in [1.82, 2.24) is 63.5 Å². The zero-order valence-corrected chi connectivity index (χ0v) is 52.4. The van der Waals surface area contributed by atoms with Crippen LogP contribution >= 0.6 is 25.3 Å². The third-order valence-electron chi connectivity index (χ3n) is 13.8. The summed E-state index contributed by atoms with van der Waals surface area (Å²) in [7, 11) is 0. The average molecular weight is 1320 g/mol. The van der Waals surface area contributed by atoms with Crippen molar-refractivity contribution in [2.24, 2.45) is 28.9 Å². The number of aromatic amines is 1. The highest BCUT2D eigenvalue weighted by molar-refractivity contribution is 7.80. The summed E-state index contributed by atoms with van der Waals surface area (Å²) in [6.45, 7) is 1.56. The number of hydrogen-bond donors (Lipinski definition) is 21. The molecule has 1 aromatic heterocycles. The summed E-state index contributed by atoms with van der Waals surface area (Å²) in [5.41, 5.74) is 23.7. The van der Waals surface area contributed by atoms with E-state index in [0.717, 1.165) is 0 Å². The van der Waals surface area contributed by atoms with Gasteiger partial charge in [-0.25, -0.2) is 0 Å². The number of thiol groups is 2. The molecule has 13 amide bonds. The molecule has 0 spiro atoms. The second kappa shape index (κ2) is 39.7. The molecule has 32 nitrogen and oxygen atoms in total. The van der Waals surface area contributed by atoms with Crippen molar-refractivity contribution in [3.63, 3.8) is 0 Å². The molecule has 3 aromatic rings. The van der Waals surface area contributed by atoms with Crippen molar-refractivity contribution < 1.29 is 77.6 Å². The van der Waals surface area contributed by atoms with Crippen LogP contribution in [0.15, 0.2) is 60.8 Å². The fraction of sp³-hybridized carbons (Fsp3) is 0.526. The predicted molar refractivity (Wildman–Crippen MR) is 337 cm³/mol. The molecule has 3 rings (SSSR count). The van der Waals surface area contributed by atoms with Gasteiger partial charge in [0.1, 0.15) is 60.4 Å². The van der Waals surface area contributed by atoms with E-state index >= 15 is 0 Å². The molecule has 2 aromatic carbocycles. The fourth-order valence-corrected chi connectivity index (χ4v) is 9.37. The molecular weight excluding hydrogens is 1230 g/mol. The first kappa shape index (κ1) is 76.8. The van der Waals surface area contributed by atoms with Crippen molar-refractivity contribution in [3.05, 3.63) is 71.9 Å². The molecule has 0 bridgehead atoms. The molecule has 0 fully saturated rings. The number of aromatic nitrogens is 1. The topological polar surface area (TPSA) is 535 Å². The van der Waals surface area contributed by atoms with Gasteiger partial charge in [0, 0.05) is 47.9 Å². The summed E-state index contributed by atoms with van der Waals surface area (Å²) in [4.78, 5) is 176. The Morgan fingerprint density at radius 2 is 1.02 bits per heavy atom. The Hall–Kier alpha value is -8.41. The smallest absolute Gasteiger partial charge is 0.245 e. The minimum atomic E-state index is -1.78. The summed E-state index contributed by atoms with van der Waals surface area (Å²) < 4.78 is 0. The van der Waals surface area contributed by atoms with Gasteiger partial charge in [0.05, 0.1) is 32.4 Å². The Morgan fingerprint density at radius 3 is 1.58 bits per heavy atom. The van der Waals surface area contributed by atoms with Gasteiger partial charge in [-0.05, 0) is 68.7 Å². The van der Waals surface area contributed by atoms with Gasteiger partial charge in [-0.3, -0.25) is 62.3 Å². The van der Waals surface area contributed by atoms with Gasteiger partial charge in [0.15, 0.2) is 0 Å². The lowest BCUT2D eigenvalue weighted by atomic mass is 10.00. The predicted octanol–water partition coefficient (Wildman–Crippen LogP) is -6.97. The molecular formula is C57H86N16O16S2. The lowest BCUT2D eigenvalue weighted by Crippen LogP contribution is -2.62. The number of benzene rings is 2. The number of hydrogen-bond acceptors (Lipinski definition) is 20. The van der Waals surface area contributed by atoms with E-state index in [1.165, 1.54) is 6.92 Å². The molecule has 0 radical (unpaired) electrons. The van der Waals surface area contributed by atoms with Gasteiger partial charge in [-0.1, -0.05) is 62.4 Å². The zero-order valence-electron chi connectivity index (χ0n) is 50.7. The Bertz CT molecular complexity index is 2980. The number of fused-ring (bicyclic) bond motifs is 1. The first-order valence-electron chi connectivity index (χ1n) is 29.2. The maximum Gasteiger partial charge on any atom is 0.245 e. The highest BCUT2D eigenvalue weighted by Crippen LogP contribution is 2.20. The number of aliphatic hydroxyl groups excluding tert-OH is 3. The minimum Gasteiger partial charge on any atom is -0.394 e. The molecule has 1 heterocycles. The first-order chi connectivity index (χ1) is 43.2. The van der Waals surface area contributed by atoms with Crippen LogP contribution in [0.2, 0.25) is 0 Å². The first-order valence-corrected chi connectivity index (χ1v) is 30.4. The number of nitrogens with one attached hydrogen (secondary N) is 12. The summed E-state index contributed by atoms with van der Waals surface area (Å²) in [6.07, 6.45) is -0.176. The molecule has 0 saturated carbocycles. The molecule has 0 aliphatic heterocycles. The Labute approximate surface area is 535 Å². The number of amides is 13. The number of para-hydroxylation sites is 1. The molecule has 0 saturated heterocycles. The molecule has 0 aliphatic carbocycles. The number of carbonyl (C=O) groups is 13. The second-order valence-electron chi connectivity index (χ2n) is 21.7. The normalized spacial score (nSPS) is 14.8. The van der Waals surface area contributed by atoms with E-state index in [0.29, 0.717) is 41.4 Å². The van der Waals surface area contributed by atoms with Crippen molar-refractivity contribution in [2.75, 3.05) is 44.4 Å². The van der Waals surface area contributed by atoms with Gasteiger partial charge in [-0.15, -0.1) is 0 Å². The zero-order chi connectivity index (χ0) is 67.9. The van der Waals surface area contributed by atoms with Gasteiger partial charge in [-0.2, -0.15) is 25.3 Å². The van der Waals surface area contributed by atoms with Crippen LogP contribution < -0.4 is 81.4 Å². The second-order valence-corrected chi connectivity index (χ2v) is 22.4. The lowest BCUT2D eigenvalue weighted by Gasteiger charge is -2.28. The fourth-order valence-electron chi connectivity index (χ4n) is 8.85. The number of unbranched alkanes of at least 4 members (excludes halogenated alkanes) is 1. The quantitative estimate of drug-likeness (QED) is 0.0185. The van der Waals surface area contributed by atoms with E-state index in [9.17, 15) is 77.6 Å². The number of primary amides is 2. The van der Waals surface area contributed by atoms with E-state index in [1.54, 1.807) is 74.6 Å². The van der Waals surface area contributed by atoms with Gasteiger partial charge < -0.3 is 102 Å². The van der Waals surface area contributed by atoms with Crippen LogP contribution in [0.4, 0.5) is 0 Å². The van der Waals surface area contributed by atoms with E-state index in [2.05, 4.69) is 88.7 Å². The highest BCUT2D eigenvalue weighted by atomic mass is 32.1. The summed E-state index contributed by atoms with van der Waals surface area (Å²) >= 11 is 8.21. The van der Waals surface area contributed by atoms with E-state index in [1.807, 2.05) is 0 Å². The maximum absolute atomic E-state index is 14.3. The van der Waals surface area contributed by atoms with Gasteiger partial charge in [0.2, 0.25) is 76.8 Å².